The highest BCUT2D eigenvalue weighted by atomic mass is 16.5. The fourth-order valence-electron chi connectivity index (χ4n) is 3.61. The molecule has 3 heterocycles. The standard InChI is InChI=1S/C25H30N6O/c1-16-11-19-14-27-21(30-22(19)23(29-16)28-15-25(2,3)4)13-17-7-8-18(12-20(17)32-6)24-26-9-10-31(24)5/h7-12,14H,13,15H2,1-6H3,(H,28,29). The molecular weight excluding hydrogens is 400 g/mol. The topological polar surface area (TPSA) is 77.8 Å². The molecule has 3 aromatic heterocycles. The molecule has 7 heteroatoms. The Morgan fingerprint density at radius 3 is 2.59 bits per heavy atom. The van der Waals surface area contributed by atoms with E-state index in [0.717, 1.165) is 57.5 Å². The smallest absolute Gasteiger partial charge is 0.152 e. The first-order valence-electron chi connectivity index (χ1n) is 10.8. The van der Waals surface area contributed by atoms with Gasteiger partial charge in [0.2, 0.25) is 0 Å². The lowest BCUT2D eigenvalue weighted by Crippen LogP contribution is -2.20. The van der Waals surface area contributed by atoms with Gasteiger partial charge in [-0.2, -0.15) is 0 Å². The first-order chi connectivity index (χ1) is 15.2. The van der Waals surface area contributed by atoms with Gasteiger partial charge in [-0.05, 0) is 24.5 Å². The van der Waals surface area contributed by atoms with Crippen LogP contribution >= 0.6 is 0 Å². The van der Waals surface area contributed by atoms with Crippen LogP contribution in [0.1, 0.15) is 37.9 Å². The number of anilines is 1. The van der Waals surface area contributed by atoms with E-state index in [1.54, 1.807) is 13.3 Å². The van der Waals surface area contributed by atoms with Crippen LogP contribution in [0.3, 0.4) is 0 Å². The van der Waals surface area contributed by atoms with Gasteiger partial charge in [-0.15, -0.1) is 0 Å². The number of rotatable bonds is 6. The number of pyridine rings is 1. The van der Waals surface area contributed by atoms with E-state index < -0.39 is 0 Å². The van der Waals surface area contributed by atoms with Crippen LogP contribution in [0.4, 0.5) is 5.82 Å². The van der Waals surface area contributed by atoms with E-state index in [1.807, 2.05) is 43.1 Å². The van der Waals surface area contributed by atoms with Gasteiger partial charge < -0.3 is 14.6 Å². The molecule has 0 atom stereocenters. The second-order valence-corrected chi connectivity index (χ2v) is 9.32. The first kappa shape index (κ1) is 21.7. The molecule has 32 heavy (non-hydrogen) atoms. The largest absolute Gasteiger partial charge is 0.496 e. The van der Waals surface area contributed by atoms with E-state index in [2.05, 4.69) is 48.2 Å². The zero-order valence-corrected chi connectivity index (χ0v) is 19.6. The van der Waals surface area contributed by atoms with Crippen LogP contribution in [0, 0.1) is 12.3 Å². The zero-order valence-electron chi connectivity index (χ0n) is 19.6. The Kier molecular flexibility index (Phi) is 5.82. The number of benzene rings is 1. The number of fused-ring (bicyclic) bond motifs is 1. The fourth-order valence-corrected chi connectivity index (χ4v) is 3.61. The molecule has 0 aliphatic carbocycles. The third kappa shape index (κ3) is 4.72. The second kappa shape index (κ2) is 8.57. The average Bonchev–Trinajstić information content (AvgIpc) is 3.18. The van der Waals surface area contributed by atoms with E-state index in [1.165, 1.54) is 0 Å². The van der Waals surface area contributed by atoms with E-state index in [-0.39, 0.29) is 5.41 Å². The van der Waals surface area contributed by atoms with E-state index in [9.17, 15) is 0 Å². The molecule has 0 unspecified atom stereocenters. The summed E-state index contributed by atoms with van der Waals surface area (Å²) in [6.45, 7) is 9.38. The Balaban J connectivity index is 1.67. The molecular formula is C25H30N6O. The van der Waals surface area contributed by atoms with Gasteiger partial charge in [-0.1, -0.05) is 32.9 Å². The minimum Gasteiger partial charge on any atom is -0.496 e. The summed E-state index contributed by atoms with van der Waals surface area (Å²) in [4.78, 5) is 18.6. The first-order valence-corrected chi connectivity index (χ1v) is 10.8. The van der Waals surface area contributed by atoms with Crippen molar-refractivity contribution in [2.24, 2.45) is 12.5 Å². The summed E-state index contributed by atoms with van der Waals surface area (Å²) in [5.41, 5.74) is 3.95. The van der Waals surface area contributed by atoms with Crippen LogP contribution in [0.5, 0.6) is 5.75 Å². The Morgan fingerprint density at radius 1 is 1.09 bits per heavy atom. The number of nitrogens with zero attached hydrogens (tertiary/aromatic N) is 5. The van der Waals surface area contributed by atoms with Crippen molar-refractivity contribution in [3.8, 4) is 17.1 Å². The molecule has 0 amide bonds. The van der Waals surface area contributed by atoms with E-state index in [0.29, 0.717) is 6.42 Å². The number of methoxy groups -OCH3 is 1. The van der Waals surface area contributed by atoms with Gasteiger partial charge >= 0.3 is 0 Å². The van der Waals surface area contributed by atoms with Crippen molar-refractivity contribution in [2.75, 3.05) is 19.0 Å². The molecule has 0 aliphatic rings. The summed E-state index contributed by atoms with van der Waals surface area (Å²) in [5, 5.41) is 4.46. The molecule has 1 aromatic carbocycles. The minimum atomic E-state index is 0.135. The molecule has 0 saturated carbocycles. The molecule has 0 spiro atoms. The molecule has 4 aromatic rings. The van der Waals surface area contributed by atoms with Gasteiger partial charge in [0, 0.05) is 60.8 Å². The predicted molar refractivity (Wildman–Crippen MR) is 128 cm³/mol. The van der Waals surface area contributed by atoms with E-state index in [4.69, 9.17) is 14.7 Å². The Bertz CT molecular complexity index is 1260. The lowest BCUT2D eigenvalue weighted by molar-refractivity contribution is 0.410. The maximum atomic E-state index is 5.68. The normalized spacial score (nSPS) is 11.7. The van der Waals surface area contributed by atoms with Crippen LogP contribution in [0.15, 0.2) is 42.9 Å². The van der Waals surface area contributed by atoms with Gasteiger partial charge in [-0.3, -0.25) is 0 Å². The molecule has 0 aliphatic heterocycles. The number of hydrogen-bond donors (Lipinski definition) is 1. The van der Waals surface area contributed by atoms with Gasteiger partial charge in [0.05, 0.1) is 7.11 Å². The molecule has 0 radical (unpaired) electrons. The summed E-state index contributed by atoms with van der Waals surface area (Å²) in [5.74, 6) is 3.22. The number of aryl methyl sites for hydroxylation is 2. The number of aromatic nitrogens is 5. The van der Waals surface area contributed by atoms with Crippen molar-refractivity contribution < 1.29 is 4.74 Å². The van der Waals surface area contributed by atoms with Gasteiger partial charge in [0.15, 0.2) is 5.82 Å². The molecule has 4 rings (SSSR count). The third-order valence-corrected chi connectivity index (χ3v) is 5.24. The van der Waals surface area contributed by atoms with Crippen LogP contribution in [-0.2, 0) is 13.5 Å². The highest BCUT2D eigenvalue weighted by Crippen LogP contribution is 2.28. The minimum absolute atomic E-state index is 0.135. The lowest BCUT2D eigenvalue weighted by Gasteiger charge is -2.20. The average molecular weight is 431 g/mol. The lowest BCUT2D eigenvalue weighted by atomic mass is 9.97. The van der Waals surface area contributed by atoms with Crippen molar-refractivity contribution in [3.05, 3.63) is 59.9 Å². The second-order valence-electron chi connectivity index (χ2n) is 9.32. The summed E-state index contributed by atoms with van der Waals surface area (Å²) in [7, 11) is 3.66. The molecule has 0 saturated heterocycles. The van der Waals surface area contributed by atoms with Crippen molar-refractivity contribution in [1.82, 2.24) is 24.5 Å². The Morgan fingerprint density at radius 2 is 1.91 bits per heavy atom. The van der Waals surface area contributed by atoms with Crippen LogP contribution in [0.2, 0.25) is 0 Å². The summed E-state index contributed by atoms with van der Waals surface area (Å²) in [6, 6.07) is 8.15. The molecule has 7 nitrogen and oxygen atoms in total. The highest BCUT2D eigenvalue weighted by Gasteiger charge is 2.15. The fraction of sp³-hybridized carbons (Fsp3) is 0.360. The summed E-state index contributed by atoms with van der Waals surface area (Å²) >= 11 is 0. The molecule has 1 N–H and O–H groups in total. The maximum absolute atomic E-state index is 5.68. The van der Waals surface area contributed by atoms with Gasteiger partial charge in [0.1, 0.15) is 22.9 Å². The van der Waals surface area contributed by atoms with Crippen molar-refractivity contribution in [3.63, 3.8) is 0 Å². The number of ether oxygens (including phenoxy) is 1. The Hall–Kier alpha value is -3.48. The van der Waals surface area contributed by atoms with Gasteiger partial charge in [-0.25, -0.2) is 19.9 Å². The van der Waals surface area contributed by atoms with Crippen LogP contribution < -0.4 is 10.1 Å². The van der Waals surface area contributed by atoms with Crippen molar-refractivity contribution in [2.45, 2.75) is 34.1 Å². The monoisotopic (exact) mass is 430 g/mol. The van der Waals surface area contributed by atoms with Gasteiger partial charge in [0.25, 0.3) is 0 Å². The van der Waals surface area contributed by atoms with Crippen LogP contribution in [-0.4, -0.2) is 38.2 Å². The highest BCUT2D eigenvalue weighted by molar-refractivity contribution is 5.88. The summed E-state index contributed by atoms with van der Waals surface area (Å²) in [6.07, 6.45) is 6.16. The quantitative estimate of drug-likeness (QED) is 0.474. The predicted octanol–water partition coefficient (Wildman–Crippen LogP) is 4.79. The number of nitrogens with one attached hydrogen (secondary N) is 1. The maximum Gasteiger partial charge on any atom is 0.152 e. The van der Waals surface area contributed by atoms with Crippen molar-refractivity contribution >= 4 is 16.7 Å². The number of imidazole rings is 1. The molecule has 166 valence electrons. The molecule has 0 bridgehead atoms. The number of hydrogen-bond acceptors (Lipinski definition) is 6. The van der Waals surface area contributed by atoms with Crippen LogP contribution in [0.25, 0.3) is 22.3 Å². The molecule has 0 fully saturated rings. The summed E-state index contributed by atoms with van der Waals surface area (Å²) < 4.78 is 7.67. The SMILES string of the molecule is COc1cc(-c2nccn2C)ccc1Cc1ncc2cc(C)nc(NCC(C)(C)C)c2n1. The zero-order chi connectivity index (χ0) is 22.9. The third-order valence-electron chi connectivity index (χ3n) is 5.24. The Labute approximate surface area is 188 Å². The van der Waals surface area contributed by atoms with E-state index >= 15 is 0 Å². The van der Waals surface area contributed by atoms with Crippen molar-refractivity contribution in [1.29, 1.82) is 0 Å².